The van der Waals surface area contributed by atoms with Gasteiger partial charge in [0.05, 0.1) is 5.56 Å². The van der Waals surface area contributed by atoms with Crippen molar-refractivity contribution in [2.24, 2.45) is 11.8 Å². The zero-order valence-corrected chi connectivity index (χ0v) is 11.6. The molecule has 1 aliphatic carbocycles. The summed E-state index contributed by atoms with van der Waals surface area (Å²) < 4.78 is 0. The van der Waals surface area contributed by atoms with Crippen LogP contribution in [0, 0.1) is 11.8 Å². The van der Waals surface area contributed by atoms with E-state index in [9.17, 15) is 4.79 Å². The molecule has 4 nitrogen and oxygen atoms in total. The van der Waals surface area contributed by atoms with Crippen molar-refractivity contribution in [2.75, 3.05) is 18.0 Å². The zero-order chi connectivity index (χ0) is 13.2. The minimum Gasteiger partial charge on any atom is -0.356 e. The number of nitrogens with zero attached hydrogens (tertiary/aromatic N) is 3. The van der Waals surface area contributed by atoms with Crippen molar-refractivity contribution in [1.29, 1.82) is 0 Å². The van der Waals surface area contributed by atoms with Gasteiger partial charge in [-0.15, -0.1) is 0 Å². The molecule has 1 saturated heterocycles. The van der Waals surface area contributed by atoms with E-state index in [1.165, 1.54) is 38.4 Å². The first-order valence-electron chi connectivity index (χ1n) is 7.00. The average Bonchev–Trinajstić information content (AvgIpc) is 2.46. The van der Waals surface area contributed by atoms with Gasteiger partial charge in [0, 0.05) is 13.1 Å². The van der Waals surface area contributed by atoms with Crippen molar-refractivity contribution >= 4 is 23.7 Å². The summed E-state index contributed by atoms with van der Waals surface area (Å²) >= 11 is 5.98. The second-order valence-corrected chi connectivity index (χ2v) is 5.92. The number of carbonyl (C=O) groups is 1. The van der Waals surface area contributed by atoms with Gasteiger partial charge in [-0.1, -0.05) is 30.9 Å². The van der Waals surface area contributed by atoms with E-state index in [0.717, 1.165) is 31.2 Å². The number of fused-ring (bicyclic) bond motifs is 1. The lowest BCUT2D eigenvalue weighted by molar-refractivity contribution is 0.112. The van der Waals surface area contributed by atoms with Crippen LogP contribution in [0.4, 0.5) is 5.82 Å². The first-order chi connectivity index (χ1) is 9.29. The Bertz CT molecular complexity index is 480. The van der Waals surface area contributed by atoms with Gasteiger partial charge in [0.15, 0.2) is 6.29 Å². The predicted octanol–water partition coefficient (Wildman–Crippen LogP) is 2.96. The molecule has 0 spiro atoms. The van der Waals surface area contributed by atoms with Gasteiger partial charge in [0.25, 0.3) is 0 Å². The molecule has 0 radical (unpaired) electrons. The number of halogens is 1. The molecule has 0 N–H and O–H groups in total. The Kier molecular flexibility index (Phi) is 3.69. The van der Waals surface area contributed by atoms with Crippen molar-refractivity contribution in [3.8, 4) is 0 Å². The van der Waals surface area contributed by atoms with Crippen LogP contribution in [0.3, 0.4) is 0 Å². The van der Waals surface area contributed by atoms with Gasteiger partial charge in [-0.25, -0.2) is 9.97 Å². The third-order valence-corrected chi connectivity index (χ3v) is 4.82. The molecule has 2 heterocycles. The lowest BCUT2D eigenvalue weighted by Crippen LogP contribution is -2.42. The maximum absolute atomic E-state index is 11.2. The minimum absolute atomic E-state index is 0.255. The van der Waals surface area contributed by atoms with Crippen molar-refractivity contribution in [3.63, 3.8) is 0 Å². The van der Waals surface area contributed by atoms with Crippen LogP contribution in [-0.4, -0.2) is 29.3 Å². The number of hydrogen-bond donors (Lipinski definition) is 0. The normalized spacial score (nSPS) is 26.9. The van der Waals surface area contributed by atoms with Gasteiger partial charge >= 0.3 is 0 Å². The van der Waals surface area contributed by atoms with Crippen LogP contribution in [0.5, 0.6) is 0 Å². The van der Waals surface area contributed by atoms with Gasteiger partial charge in [-0.2, -0.15) is 0 Å². The Hall–Kier alpha value is -1.16. The second kappa shape index (κ2) is 5.45. The number of carbonyl (C=O) groups excluding carboxylic acids is 1. The highest BCUT2D eigenvalue weighted by molar-refractivity contribution is 6.32. The summed E-state index contributed by atoms with van der Waals surface area (Å²) in [5, 5.41) is 0.255. The van der Waals surface area contributed by atoms with Crippen LogP contribution in [0.1, 0.15) is 42.5 Å². The Morgan fingerprint density at radius 1 is 1.21 bits per heavy atom. The van der Waals surface area contributed by atoms with Gasteiger partial charge in [0.2, 0.25) is 0 Å². The van der Waals surface area contributed by atoms with E-state index in [1.807, 2.05) is 0 Å². The van der Waals surface area contributed by atoms with Crippen LogP contribution in [0.15, 0.2) is 6.33 Å². The SMILES string of the molecule is O=Cc1c(Cl)ncnc1N1CCC2CCCCC2C1. The Balaban J connectivity index is 1.83. The fourth-order valence-electron chi connectivity index (χ4n) is 3.51. The fraction of sp³-hybridized carbons (Fsp3) is 0.643. The van der Waals surface area contributed by atoms with Gasteiger partial charge < -0.3 is 4.90 Å². The molecule has 0 aromatic carbocycles. The van der Waals surface area contributed by atoms with Gasteiger partial charge in [-0.3, -0.25) is 4.79 Å². The number of piperidine rings is 1. The number of aldehydes is 1. The summed E-state index contributed by atoms with van der Waals surface area (Å²) in [6.07, 6.45) is 8.78. The summed E-state index contributed by atoms with van der Waals surface area (Å²) in [4.78, 5) is 21.5. The maximum atomic E-state index is 11.2. The highest BCUT2D eigenvalue weighted by atomic mass is 35.5. The predicted molar refractivity (Wildman–Crippen MR) is 74.7 cm³/mol. The third-order valence-electron chi connectivity index (χ3n) is 4.52. The van der Waals surface area contributed by atoms with E-state index in [-0.39, 0.29) is 5.15 Å². The monoisotopic (exact) mass is 279 g/mol. The Morgan fingerprint density at radius 2 is 2.00 bits per heavy atom. The van der Waals surface area contributed by atoms with E-state index in [4.69, 9.17) is 11.6 Å². The van der Waals surface area contributed by atoms with E-state index in [1.54, 1.807) is 0 Å². The van der Waals surface area contributed by atoms with Crippen molar-refractivity contribution < 1.29 is 4.79 Å². The fourth-order valence-corrected chi connectivity index (χ4v) is 3.68. The highest BCUT2D eigenvalue weighted by Crippen LogP contribution is 2.37. The molecule has 2 atom stereocenters. The lowest BCUT2D eigenvalue weighted by Gasteiger charge is -2.42. The van der Waals surface area contributed by atoms with E-state index >= 15 is 0 Å². The molecule has 0 bridgehead atoms. The number of rotatable bonds is 2. The highest BCUT2D eigenvalue weighted by Gasteiger charge is 2.32. The van der Waals surface area contributed by atoms with Gasteiger partial charge in [-0.05, 0) is 24.7 Å². The molecule has 5 heteroatoms. The van der Waals surface area contributed by atoms with Gasteiger partial charge in [0.1, 0.15) is 17.3 Å². The first kappa shape index (κ1) is 12.9. The minimum atomic E-state index is 0.255. The molecular weight excluding hydrogens is 262 g/mol. The standard InChI is InChI=1S/C14H18ClN3O/c15-13-12(8-19)14(17-9-16-13)18-6-5-10-3-1-2-4-11(10)7-18/h8-11H,1-7H2. The molecule has 3 rings (SSSR count). The third kappa shape index (κ3) is 2.46. The molecule has 1 aliphatic heterocycles. The van der Waals surface area contributed by atoms with Crippen molar-refractivity contribution in [2.45, 2.75) is 32.1 Å². The zero-order valence-electron chi connectivity index (χ0n) is 10.9. The second-order valence-electron chi connectivity index (χ2n) is 5.56. The molecule has 1 saturated carbocycles. The van der Waals surface area contributed by atoms with Crippen LogP contribution in [0.2, 0.25) is 5.15 Å². The molecule has 2 unspecified atom stereocenters. The molecule has 1 aromatic heterocycles. The summed E-state index contributed by atoms with van der Waals surface area (Å²) in [5.41, 5.74) is 0.429. The Morgan fingerprint density at radius 3 is 2.79 bits per heavy atom. The number of anilines is 1. The van der Waals surface area contributed by atoms with Crippen molar-refractivity contribution in [3.05, 3.63) is 17.0 Å². The van der Waals surface area contributed by atoms with E-state index < -0.39 is 0 Å². The largest absolute Gasteiger partial charge is 0.356 e. The quantitative estimate of drug-likeness (QED) is 0.617. The van der Waals surface area contributed by atoms with Crippen LogP contribution >= 0.6 is 11.6 Å². The summed E-state index contributed by atoms with van der Waals surface area (Å²) in [5.74, 6) is 2.32. The van der Waals surface area contributed by atoms with Crippen LogP contribution in [-0.2, 0) is 0 Å². The topological polar surface area (TPSA) is 46.1 Å². The molecular formula is C14H18ClN3O. The molecule has 1 aromatic rings. The van der Waals surface area contributed by atoms with Crippen LogP contribution < -0.4 is 4.90 Å². The Labute approximate surface area is 118 Å². The molecule has 102 valence electrons. The maximum Gasteiger partial charge on any atom is 0.156 e. The molecule has 2 fully saturated rings. The van der Waals surface area contributed by atoms with E-state index in [0.29, 0.717) is 11.4 Å². The number of hydrogen-bond acceptors (Lipinski definition) is 4. The summed E-state index contributed by atoms with van der Waals surface area (Å²) in [6, 6.07) is 0. The van der Waals surface area contributed by atoms with E-state index in [2.05, 4.69) is 14.9 Å². The average molecular weight is 280 g/mol. The van der Waals surface area contributed by atoms with Crippen molar-refractivity contribution in [1.82, 2.24) is 9.97 Å². The van der Waals surface area contributed by atoms with Crippen LogP contribution in [0.25, 0.3) is 0 Å². The number of aromatic nitrogens is 2. The summed E-state index contributed by atoms with van der Waals surface area (Å²) in [6.45, 7) is 1.97. The smallest absolute Gasteiger partial charge is 0.156 e. The lowest BCUT2D eigenvalue weighted by atomic mass is 9.75. The summed E-state index contributed by atoms with van der Waals surface area (Å²) in [7, 11) is 0. The molecule has 0 amide bonds. The first-order valence-corrected chi connectivity index (χ1v) is 7.38. The molecule has 19 heavy (non-hydrogen) atoms. The molecule has 2 aliphatic rings.